The molecule has 0 radical (unpaired) electrons. The lowest BCUT2D eigenvalue weighted by molar-refractivity contribution is 0.704. The molecule has 4 aromatic rings. The zero-order valence-corrected chi connectivity index (χ0v) is 13.5. The van der Waals surface area contributed by atoms with Crippen LogP contribution in [0, 0.1) is 6.92 Å². The van der Waals surface area contributed by atoms with E-state index >= 15 is 0 Å². The predicted molar refractivity (Wildman–Crippen MR) is 92.1 cm³/mol. The van der Waals surface area contributed by atoms with Crippen molar-refractivity contribution in [1.29, 1.82) is 0 Å². The van der Waals surface area contributed by atoms with Gasteiger partial charge in [-0.3, -0.25) is 4.68 Å². The van der Waals surface area contributed by atoms with Crippen LogP contribution in [0.4, 0.5) is 11.6 Å². The monoisotopic (exact) mass is 319 g/mol. The SMILES string of the molecule is Cc1nn(C)cc1Nc1ncc2cnn(Cc3ccccc3)c2n1. The fourth-order valence-electron chi connectivity index (χ4n) is 2.64. The summed E-state index contributed by atoms with van der Waals surface area (Å²) >= 11 is 0. The maximum Gasteiger partial charge on any atom is 0.229 e. The third kappa shape index (κ3) is 2.71. The van der Waals surface area contributed by atoms with Crippen LogP contribution in [-0.4, -0.2) is 29.5 Å². The van der Waals surface area contributed by atoms with Gasteiger partial charge >= 0.3 is 0 Å². The van der Waals surface area contributed by atoms with Crippen LogP contribution in [0.15, 0.2) is 48.9 Å². The third-order valence-corrected chi connectivity index (χ3v) is 3.81. The number of hydrogen-bond donors (Lipinski definition) is 1. The van der Waals surface area contributed by atoms with Gasteiger partial charge in [-0.15, -0.1) is 0 Å². The first-order chi connectivity index (χ1) is 11.7. The largest absolute Gasteiger partial charge is 0.321 e. The van der Waals surface area contributed by atoms with Crippen LogP contribution < -0.4 is 5.32 Å². The molecule has 0 aliphatic heterocycles. The van der Waals surface area contributed by atoms with E-state index in [9.17, 15) is 0 Å². The highest BCUT2D eigenvalue weighted by atomic mass is 15.3. The van der Waals surface area contributed by atoms with Gasteiger partial charge in [-0.1, -0.05) is 30.3 Å². The first kappa shape index (κ1) is 14.4. The van der Waals surface area contributed by atoms with E-state index in [1.807, 2.05) is 43.0 Å². The predicted octanol–water partition coefficient (Wildman–Crippen LogP) is 2.66. The summed E-state index contributed by atoms with van der Waals surface area (Å²) in [4.78, 5) is 8.98. The Balaban J connectivity index is 1.67. The fourth-order valence-corrected chi connectivity index (χ4v) is 2.64. The summed E-state index contributed by atoms with van der Waals surface area (Å²) in [5.41, 5.74) is 3.78. The molecule has 0 saturated carbocycles. The van der Waals surface area contributed by atoms with Crippen molar-refractivity contribution < 1.29 is 0 Å². The number of benzene rings is 1. The van der Waals surface area contributed by atoms with Gasteiger partial charge in [0.1, 0.15) is 0 Å². The molecule has 0 spiro atoms. The smallest absolute Gasteiger partial charge is 0.229 e. The van der Waals surface area contributed by atoms with Crippen molar-refractivity contribution in [3.8, 4) is 0 Å². The van der Waals surface area contributed by atoms with Crippen molar-refractivity contribution in [2.24, 2.45) is 7.05 Å². The molecular weight excluding hydrogens is 302 g/mol. The van der Waals surface area contributed by atoms with Crippen LogP contribution in [0.2, 0.25) is 0 Å². The number of hydrogen-bond acceptors (Lipinski definition) is 5. The van der Waals surface area contributed by atoms with Crippen LogP contribution in [0.25, 0.3) is 11.0 Å². The highest BCUT2D eigenvalue weighted by Gasteiger charge is 2.09. The van der Waals surface area contributed by atoms with Crippen molar-refractivity contribution >= 4 is 22.7 Å². The van der Waals surface area contributed by atoms with Crippen LogP contribution in [-0.2, 0) is 13.6 Å². The van der Waals surface area contributed by atoms with Crippen molar-refractivity contribution in [3.63, 3.8) is 0 Å². The molecule has 0 unspecified atom stereocenters. The lowest BCUT2D eigenvalue weighted by Crippen LogP contribution is -2.04. The summed E-state index contributed by atoms with van der Waals surface area (Å²) in [6.07, 6.45) is 5.48. The Morgan fingerprint density at radius 1 is 1.12 bits per heavy atom. The lowest BCUT2D eigenvalue weighted by Gasteiger charge is -2.05. The number of aryl methyl sites for hydroxylation is 2. The number of anilines is 2. The van der Waals surface area contributed by atoms with E-state index in [2.05, 4.69) is 37.6 Å². The van der Waals surface area contributed by atoms with E-state index in [1.54, 1.807) is 17.1 Å². The normalized spacial score (nSPS) is 11.1. The Labute approximate surface area is 139 Å². The zero-order valence-electron chi connectivity index (χ0n) is 13.5. The van der Waals surface area contributed by atoms with Crippen LogP contribution >= 0.6 is 0 Å². The molecular formula is C17H17N7. The van der Waals surface area contributed by atoms with Gasteiger partial charge in [0.2, 0.25) is 5.95 Å². The highest BCUT2D eigenvalue weighted by Crippen LogP contribution is 2.19. The first-order valence-corrected chi connectivity index (χ1v) is 7.69. The van der Waals surface area contributed by atoms with E-state index in [4.69, 9.17) is 0 Å². The Kier molecular flexibility index (Phi) is 3.45. The van der Waals surface area contributed by atoms with Gasteiger partial charge < -0.3 is 5.32 Å². The van der Waals surface area contributed by atoms with E-state index in [-0.39, 0.29) is 0 Å². The molecule has 120 valence electrons. The quantitative estimate of drug-likeness (QED) is 0.626. The summed E-state index contributed by atoms with van der Waals surface area (Å²) in [7, 11) is 1.89. The summed E-state index contributed by atoms with van der Waals surface area (Å²) in [5.74, 6) is 0.536. The average molecular weight is 319 g/mol. The number of nitrogens with zero attached hydrogens (tertiary/aromatic N) is 6. The Bertz CT molecular complexity index is 985. The van der Waals surface area contributed by atoms with Crippen LogP contribution in [0.3, 0.4) is 0 Å². The maximum absolute atomic E-state index is 4.62. The minimum atomic E-state index is 0.536. The Morgan fingerprint density at radius 3 is 2.71 bits per heavy atom. The Hall–Kier alpha value is -3.22. The zero-order chi connectivity index (χ0) is 16.5. The van der Waals surface area contributed by atoms with E-state index in [0.717, 1.165) is 22.4 Å². The molecule has 0 saturated heterocycles. The van der Waals surface area contributed by atoms with E-state index in [1.165, 1.54) is 5.56 Å². The molecule has 0 aliphatic carbocycles. The second kappa shape index (κ2) is 5.77. The summed E-state index contributed by atoms with van der Waals surface area (Å²) in [5, 5.41) is 12.9. The molecule has 24 heavy (non-hydrogen) atoms. The fraction of sp³-hybridized carbons (Fsp3) is 0.176. The molecule has 0 fully saturated rings. The van der Waals surface area contributed by atoms with Crippen molar-refractivity contribution in [3.05, 3.63) is 60.2 Å². The van der Waals surface area contributed by atoms with Gasteiger partial charge in [-0.05, 0) is 12.5 Å². The molecule has 3 aromatic heterocycles. The van der Waals surface area contributed by atoms with Crippen LogP contribution in [0.5, 0.6) is 0 Å². The van der Waals surface area contributed by atoms with Crippen LogP contribution in [0.1, 0.15) is 11.3 Å². The average Bonchev–Trinajstić information content (AvgIpc) is 3.11. The summed E-state index contributed by atoms with van der Waals surface area (Å²) < 4.78 is 3.64. The molecule has 1 N–H and O–H groups in total. The van der Waals surface area contributed by atoms with Gasteiger partial charge in [0.15, 0.2) is 5.65 Å². The second-order valence-electron chi connectivity index (χ2n) is 5.69. The van der Waals surface area contributed by atoms with Gasteiger partial charge in [0.25, 0.3) is 0 Å². The second-order valence-corrected chi connectivity index (χ2v) is 5.69. The van der Waals surface area contributed by atoms with E-state index in [0.29, 0.717) is 12.5 Å². The molecule has 4 rings (SSSR count). The molecule has 7 heteroatoms. The van der Waals surface area contributed by atoms with Gasteiger partial charge in [-0.2, -0.15) is 15.2 Å². The van der Waals surface area contributed by atoms with Crippen molar-refractivity contribution in [2.75, 3.05) is 5.32 Å². The molecule has 0 atom stereocenters. The topological polar surface area (TPSA) is 73.5 Å². The standard InChI is InChI=1S/C17H17N7/c1-12-15(11-23(2)22-12)20-17-18-8-14-9-19-24(16(14)21-17)10-13-6-4-3-5-7-13/h3-9,11H,10H2,1-2H3,(H,18,20,21). The van der Waals surface area contributed by atoms with Crippen molar-refractivity contribution in [2.45, 2.75) is 13.5 Å². The Morgan fingerprint density at radius 2 is 1.96 bits per heavy atom. The molecule has 3 heterocycles. The summed E-state index contributed by atoms with van der Waals surface area (Å²) in [6, 6.07) is 10.2. The number of rotatable bonds is 4. The number of nitrogens with one attached hydrogen (secondary N) is 1. The number of fused-ring (bicyclic) bond motifs is 1. The molecule has 7 nitrogen and oxygen atoms in total. The lowest BCUT2D eigenvalue weighted by atomic mass is 10.2. The summed E-state index contributed by atoms with van der Waals surface area (Å²) in [6.45, 7) is 2.62. The van der Waals surface area contributed by atoms with Gasteiger partial charge in [-0.25, -0.2) is 9.67 Å². The first-order valence-electron chi connectivity index (χ1n) is 7.69. The highest BCUT2D eigenvalue weighted by molar-refractivity contribution is 5.75. The number of aromatic nitrogens is 6. The third-order valence-electron chi connectivity index (χ3n) is 3.81. The minimum absolute atomic E-state index is 0.536. The maximum atomic E-state index is 4.62. The van der Waals surface area contributed by atoms with Gasteiger partial charge in [0, 0.05) is 19.4 Å². The molecule has 0 bridgehead atoms. The minimum Gasteiger partial charge on any atom is -0.321 e. The molecule has 0 aliphatic rings. The van der Waals surface area contributed by atoms with Gasteiger partial charge in [0.05, 0.1) is 29.5 Å². The van der Waals surface area contributed by atoms with Crippen molar-refractivity contribution in [1.82, 2.24) is 29.5 Å². The molecule has 0 amide bonds. The molecule has 1 aromatic carbocycles. The van der Waals surface area contributed by atoms with E-state index < -0.39 is 0 Å².